The van der Waals surface area contributed by atoms with E-state index in [2.05, 4.69) is 5.32 Å². The first-order valence-corrected chi connectivity index (χ1v) is 19.7. The molecule has 0 spiro atoms. The van der Waals surface area contributed by atoms with E-state index < -0.39 is 66.6 Å². The van der Waals surface area contributed by atoms with Crippen LogP contribution in [-0.4, -0.2) is 95.9 Å². The third-order valence-corrected chi connectivity index (χ3v) is 11.6. The lowest BCUT2D eigenvalue weighted by Crippen LogP contribution is -2.32. The number of imide groups is 1. The zero-order valence-electron chi connectivity index (χ0n) is 28.7. The Morgan fingerprint density at radius 2 is 1.13 bits per heavy atom. The minimum absolute atomic E-state index is 0.00522. The van der Waals surface area contributed by atoms with Gasteiger partial charge in [-0.15, -0.1) is 5.06 Å². The van der Waals surface area contributed by atoms with Gasteiger partial charge in [0, 0.05) is 30.5 Å². The average molecular weight is 757 g/mol. The first kappa shape index (κ1) is 40.0. The first-order chi connectivity index (χ1) is 24.7. The van der Waals surface area contributed by atoms with Crippen molar-refractivity contribution >= 4 is 49.1 Å². The maximum Gasteiger partial charge on any atom is 0.335 e. The molecule has 3 amide bonds. The molecule has 3 aromatic carbocycles. The fraction of sp³-hybridized carbons (Fsp3) is 0.361. The van der Waals surface area contributed by atoms with Crippen LogP contribution in [-0.2, 0) is 48.4 Å². The van der Waals surface area contributed by atoms with Crippen LogP contribution in [0.1, 0.15) is 51.1 Å². The fourth-order valence-corrected chi connectivity index (χ4v) is 8.29. The SMILES string of the molecule is Cc1ccc(S(=O)(=O)CC(CS(=O)(=O)c2ccc(C)cc2)C(=O)c2ccc(C(=O)NCCOCCOCCC(=O)ON3C(=O)CCC3=O)cc2)cc1. The van der Waals surface area contributed by atoms with Gasteiger partial charge in [0.2, 0.25) is 0 Å². The normalized spacial score (nSPS) is 13.4. The van der Waals surface area contributed by atoms with Crippen molar-refractivity contribution in [3.8, 4) is 0 Å². The van der Waals surface area contributed by atoms with Gasteiger partial charge in [0.1, 0.15) is 0 Å². The molecule has 0 aliphatic carbocycles. The Kier molecular flexibility index (Phi) is 13.9. The van der Waals surface area contributed by atoms with Gasteiger partial charge in [-0.05, 0) is 50.2 Å². The molecular formula is C36H40N2O12S2. The summed E-state index contributed by atoms with van der Waals surface area (Å²) in [5.74, 6) is -5.96. The number of carbonyl (C=O) groups is 5. The molecule has 0 bridgehead atoms. The van der Waals surface area contributed by atoms with Crippen LogP contribution in [0.15, 0.2) is 82.6 Å². The number of benzene rings is 3. The molecule has 1 fully saturated rings. The minimum atomic E-state index is -4.05. The van der Waals surface area contributed by atoms with E-state index in [0.29, 0.717) is 5.06 Å². The van der Waals surface area contributed by atoms with Crippen LogP contribution in [0.4, 0.5) is 0 Å². The van der Waals surface area contributed by atoms with Crippen LogP contribution in [0, 0.1) is 19.8 Å². The number of hydroxylamine groups is 2. The number of hydrogen-bond acceptors (Lipinski definition) is 12. The van der Waals surface area contributed by atoms with E-state index >= 15 is 0 Å². The number of ketones is 1. The number of carbonyl (C=O) groups excluding carboxylic acids is 5. The molecule has 0 radical (unpaired) electrons. The lowest BCUT2D eigenvalue weighted by Gasteiger charge is -2.17. The van der Waals surface area contributed by atoms with Crippen molar-refractivity contribution in [2.75, 3.05) is 44.5 Å². The van der Waals surface area contributed by atoms with Gasteiger partial charge < -0.3 is 19.6 Å². The highest BCUT2D eigenvalue weighted by atomic mass is 32.2. The molecule has 52 heavy (non-hydrogen) atoms. The zero-order valence-corrected chi connectivity index (χ0v) is 30.4. The summed E-state index contributed by atoms with van der Waals surface area (Å²) in [5.41, 5.74) is 1.93. The third kappa shape index (κ3) is 11.4. The standard InChI is InChI=1S/C36H40N2O12S2/c1-25-3-11-30(12-4-25)51(44,45)23-29(24-52(46,47)31-13-5-26(2)6-14-31)35(42)27-7-9-28(10-8-27)36(43)37-18-20-49-22-21-48-19-17-34(41)50-38-32(39)15-16-33(38)40/h3-14,29H,15-24H2,1-2H3,(H,37,43). The van der Waals surface area contributed by atoms with Crippen LogP contribution in [0.2, 0.25) is 0 Å². The number of aryl methyl sites for hydroxylation is 2. The Morgan fingerprint density at radius 1 is 0.673 bits per heavy atom. The molecule has 3 aromatic rings. The molecule has 14 nitrogen and oxygen atoms in total. The molecule has 0 unspecified atom stereocenters. The summed E-state index contributed by atoms with van der Waals surface area (Å²) in [5, 5.41) is 3.13. The highest BCUT2D eigenvalue weighted by Crippen LogP contribution is 2.23. The maximum absolute atomic E-state index is 13.7. The summed E-state index contributed by atoms with van der Waals surface area (Å²) in [6.07, 6.45) is -0.159. The molecule has 1 heterocycles. The Morgan fingerprint density at radius 3 is 1.63 bits per heavy atom. The summed E-state index contributed by atoms with van der Waals surface area (Å²) >= 11 is 0. The number of sulfone groups is 2. The topological polar surface area (TPSA) is 197 Å². The predicted octanol–water partition coefficient (Wildman–Crippen LogP) is 2.81. The van der Waals surface area contributed by atoms with Crippen molar-refractivity contribution < 1.29 is 55.1 Å². The molecular weight excluding hydrogens is 717 g/mol. The summed E-state index contributed by atoms with van der Waals surface area (Å²) in [4.78, 5) is 65.8. The van der Waals surface area contributed by atoms with Crippen LogP contribution in [0.3, 0.4) is 0 Å². The van der Waals surface area contributed by atoms with Gasteiger partial charge in [-0.3, -0.25) is 19.2 Å². The predicted molar refractivity (Wildman–Crippen MR) is 186 cm³/mol. The first-order valence-electron chi connectivity index (χ1n) is 16.4. The number of amides is 3. The summed E-state index contributed by atoms with van der Waals surface area (Å²) in [6.45, 7) is 4.15. The summed E-state index contributed by atoms with van der Waals surface area (Å²) in [7, 11) is -8.11. The van der Waals surface area contributed by atoms with Gasteiger partial charge in [0.05, 0.1) is 60.1 Å². The number of nitrogens with one attached hydrogen (secondary N) is 1. The van der Waals surface area contributed by atoms with Gasteiger partial charge in [-0.2, -0.15) is 0 Å². The quantitative estimate of drug-likeness (QED) is 0.107. The molecule has 16 heteroatoms. The molecule has 1 aliphatic heterocycles. The maximum atomic E-state index is 13.7. The molecule has 1 N–H and O–H groups in total. The molecule has 0 atom stereocenters. The third-order valence-electron chi connectivity index (χ3n) is 7.96. The number of rotatable bonds is 19. The second-order valence-corrected chi connectivity index (χ2v) is 16.2. The molecule has 1 aliphatic rings. The van der Waals surface area contributed by atoms with E-state index in [1.165, 1.54) is 48.5 Å². The smallest absolute Gasteiger partial charge is 0.335 e. The van der Waals surface area contributed by atoms with E-state index in [0.717, 1.165) is 11.1 Å². The van der Waals surface area contributed by atoms with Crippen molar-refractivity contribution in [3.05, 3.63) is 95.1 Å². The second-order valence-electron chi connectivity index (χ2n) is 12.1. The zero-order chi connectivity index (χ0) is 37.9. The Hall–Kier alpha value is -4.77. The Bertz CT molecular complexity index is 1880. The van der Waals surface area contributed by atoms with Crippen LogP contribution < -0.4 is 5.32 Å². The van der Waals surface area contributed by atoms with Gasteiger partial charge in [-0.25, -0.2) is 21.6 Å². The number of hydrogen-bond donors (Lipinski definition) is 1. The molecule has 0 aromatic heterocycles. The van der Waals surface area contributed by atoms with Gasteiger partial charge in [0.25, 0.3) is 17.7 Å². The van der Waals surface area contributed by atoms with E-state index in [1.807, 2.05) is 0 Å². The fourth-order valence-electron chi connectivity index (χ4n) is 5.06. The molecule has 1 saturated heterocycles. The van der Waals surface area contributed by atoms with Gasteiger partial charge in [0.15, 0.2) is 25.5 Å². The minimum Gasteiger partial charge on any atom is -0.378 e. The average Bonchev–Trinajstić information content (AvgIpc) is 3.42. The number of Topliss-reactive ketones (excluding diaryl/α,β-unsaturated/α-hetero) is 1. The summed E-state index contributed by atoms with van der Waals surface area (Å²) < 4.78 is 64.1. The number of nitrogens with zero attached hydrogens (tertiary/aromatic N) is 1. The molecule has 4 rings (SSSR count). The van der Waals surface area contributed by atoms with Crippen LogP contribution in [0.25, 0.3) is 0 Å². The van der Waals surface area contributed by atoms with E-state index in [4.69, 9.17) is 14.3 Å². The summed E-state index contributed by atoms with van der Waals surface area (Å²) in [6, 6.07) is 17.6. The lowest BCUT2D eigenvalue weighted by molar-refractivity contribution is -0.198. The van der Waals surface area contributed by atoms with E-state index in [-0.39, 0.29) is 73.2 Å². The highest BCUT2D eigenvalue weighted by molar-refractivity contribution is 7.92. The van der Waals surface area contributed by atoms with E-state index in [9.17, 15) is 40.8 Å². The Balaban J connectivity index is 1.27. The van der Waals surface area contributed by atoms with Crippen molar-refractivity contribution in [2.45, 2.75) is 42.9 Å². The lowest BCUT2D eigenvalue weighted by atomic mass is 9.99. The van der Waals surface area contributed by atoms with E-state index in [1.54, 1.807) is 38.1 Å². The second kappa shape index (κ2) is 18.1. The van der Waals surface area contributed by atoms with Crippen molar-refractivity contribution in [1.82, 2.24) is 10.4 Å². The largest absolute Gasteiger partial charge is 0.378 e. The Labute approximate surface area is 302 Å². The van der Waals surface area contributed by atoms with Gasteiger partial charge >= 0.3 is 5.97 Å². The van der Waals surface area contributed by atoms with Crippen molar-refractivity contribution in [2.24, 2.45) is 5.92 Å². The van der Waals surface area contributed by atoms with Crippen molar-refractivity contribution in [1.29, 1.82) is 0 Å². The number of ether oxygens (including phenoxy) is 2. The highest BCUT2D eigenvalue weighted by Gasteiger charge is 2.34. The van der Waals surface area contributed by atoms with Crippen LogP contribution in [0.5, 0.6) is 0 Å². The van der Waals surface area contributed by atoms with Gasteiger partial charge in [-0.1, -0.05) is 47.5 Å². The molecule has 278 valence electrons. The molecule has 0 saturated carbocycles. The monoisotopic (exact) mass is 756 g/mol. The van der Waals surface area contributed by atoms with Crippen LogP contribution >= 0.6 is 0 Å². The van der Waals surface area contributed by atoms with Crippen molar-refractivity contribution in [3.63, 3.8) is 0 Å².